The molecule has 1 N–H and O–H groups in total. The molecule has 0 unspecified atom stereocenters. The van der Waals surface area contributed by atoms with Crippen LogP contribution < -0.4 is 0 Å². The van der Waals surface area contributed by atoms with E-state index in [4.69, 9.17) is 4.74 Å². The summed E-state index contributed by atoms with van der Waals surface area (Å²) in [4.78, 5) is 21.4. The van der Waals surface area contributed by atoms with Crippen LogP contribution in [0, 0.1) is 0 Å². The number of H-pyrrole nitrogens is 1. The number of aromatic amines is 1. The number of rotatable bonds is 1. The van der Waals surface area contributed by atoms with Crippen molar-refractivity contribution in [1.29, 1.82) is 0 Å². The molecule has 1 aliphatic rings. The summed E-state index contributed by atoms with van der Waals surface area (Å²) in [5, 5.41) is 1.13. The summed E-state index contributed by atoms with van der Waals surface area (Å²) < 4.78 is 5.47. The minimum absolute atomic E-state index is 0.250. The third-order valence-electron chi connectivity index (χ3n) is 3.63. The molecule has 5 heteroatoms. The number of carbonyl (C=O) groups excluding carboxylic acids is 1. The maximum atomic E-state index is 12.3. The van der Waals surface area contributed by atoms with Crippen molar-refractivity contribution in [3.05, 3.63) is 36.3 Å². The van der Waals surface area contributed by atoms with Gasteiger partial charge in [0, 0.05) is 36.4 Å². The van der Waals surface area contributed by atoms with Crippen LogP contribution in [0.15, 0.2) is 30.7 Å². The number of carbonyl (C=O) groups is 1. The smallest absolute Gasteiger partial charge is 0.410 e. The molecule has 3 heterocycles. The molecule has 1 aliphatic heterocycles. The summed E-state index contributed by atoms with van der Waals surface area (Å²) in [6, 6.07) is 1.99. The van der Waals surface area contributed by atoms with Crippen molar-refractivity contribution >= 4 is 22.6 Å². The lowest BCUT2D eigenvalue weighted by Gasteiger charge is -2.30. The van der Waals surface area contributed by atoms with Gasteiger partial charge in [0.25, 0.3) is 0 Å². The predicted molar refractivity (Wildman–Crippen MR) is 86.5 cm³/mol. The highest BCUT2D eigenvalue weighted by atomic mass is 16.6. The van der Waals surface area contributed by atoms with Crippen LogP contribution in [0.4, 0.5) is 4.79 Å². The molecule has 0 fully saturated rings. The lowest BCUT2D eigenvalue weighted by Crippen LogP contribution is -2.39. The van der Waals surface area contributed by atoms with Crippen molar-refractivity contribution < 1.29 is 9.53 Å². The summed E-state index contributed by atoms with van der Waals surface area (Å²) in [5.41, 5.74) is 2.82. The van der Waals surface area contributed by atoms with Gasteiger partial charge >= 0.3 is 6.09 Å². The second-order valence-electron chi connectivity index (χ2n) is 6.54. The van der Waals surface area contributed by atoms with Crippen molar-refractivity contribution in [2.24, 2.45) is 0 Å². The van der Waals surface area contributed by atoms with Gasteiger partial charge in [-0.15, -0.1) is 0 Å². The van der Waals surface area contributed by atoms with Gasteiger partial charge in [-0.2, -0.15) is 0 Å². The van der Waals surface area contributed by atoms with Crippen LogP contribution in [-0.2, 0) is 4.74 Å². The highest BCUT2D eigenvalue weighted by Crippen LogP contribution is 2.28. The van der Waals surface area contributed by atoms with Crippen LogP contribution >= 0.6 is 0 Å². The zero-order chi connectivity index (χ0) is 15.7. The number of hydrogen-bond donors (Lipinski definition) is 1. The first-order chi connectivity index (χ1) is 10.4. The Bertz CT molecular complexity index is 725. The van der Waals surface area contributed by atoms with E-state index < -0.39 is 5.60 Å². The minimum Gasteiger partial charge on any atom is -0.444 e. The average Bonchev–Trinajstić information content (AvgIpc) is 2.89. The largest absolute Gasteiger partial charge is 0.444 e. The molecule has 1 amide bonds. The number of amides is 1. The van der Waals surface area contributed by atoms with Crippen molar-refractivity contribution in [2.75, 3.05) is 13.1 Å². The van der Waals surface area contributed by atoms with Crippen LogP contribution in [0.3, 0.4) is 0 Å². The van der Waals surface area contributed by atoms with E-state index in [1.807, 2.05) is 39.2 Å². The van der Waals surface area contributed by atoms with E-state index in [1.54, 1.807) is 11.1 Å². The Morgan fingerprint density at radius 2 is 2.23 bits per heavy atom. The van der Waals surface area contributed by atoms with Crippen LogP contribution in [0.1, 0.15) is 32.8 Å². The molecule has 0 saturated carbocycles. The Labute approximate surface area is 130 Å². The maximum absolute atomic E-state index is 12.3. The van der Waals surface area contributed by atoms with Crippen molar-refractivity contribution in [3.63, 3.8) is 0 Å². The molecule has 0 aromatic carbocycles. The van der Waals surface area contributed by atoms with Gasteiger partial charge in [0.15, 0.2) is 0 Å². The first-order valence-electron chi connectivity index (χ1n) is 7.52. The van der Waals surface area contributed by atoms with Gasteiger partial charge in [0.2, 0.25) is 0 Å². The Hall–Kier alpha value is -2.30. The SMILES string of the molecule is CC(C)(C)OC(=O)N1CCC=C(c2c[nH]c3cnccc23)C1. The first-order valence-corrected chi connectivity index (χ1v) is 7.52. The van der Waals surface area contributed by atoms with Crippen molar-refractivity contribution in [3.8, 4) is 0 Å². The Morgan fingerprint density at radius 3 is 3.00 bits per heavy atom. The van der Waals surface area contributed by atoms with Crippen LogP contribution in [-0.4, -0.2) is 39.7 Å². The number of pyridine rings is 1. The molecular weight excluding hydrogens is 278 g/mol. The van der Waals surface area contributed by atoms with Crippen LogP contribution in [0.2, 0.25) is 0 Å². The molecular formula is C17H21N3O2. The van der Waals surface area contributed by atoms with E-state index in [0.717, 1.165) is 28.5 Å². The second-order valence-corrected chi connectivity index (χ2v) is 6.54. The van der Waals surface area contributed by atoms with E-state index in [-0.39, 0.29) is 6.09 Å². The van der Waals surface area contributed by atoms with E-state index in [2.05, 4.69) is 16.0 Å². The molecule has 0 bridgehead atoms. The van der Waals surface area contributed by atoms with Gasteiger partial charge < -0.3 is 14.6 Å². The third-order valence-corrected chi connectivity index (χ3v) is 3.63. The first kappa shape index (κ1) is 14.6. The molecule has 0 spiro atoms. The topological polar surface area (TPSA) is 58.2 Å². The Morgan fingerprint density at radius 1 is 1.41 bits per heavy atom. The Balaban J connectivity index is 1.81. The number of ether oxygens (including phenoxy) is 1. The monoisotopic (exact) mass is 299 g/mol. The molecule has 22 heavy (non-hydrogen) atoms. The number of fused-ring (bicyclic) bond motifs is 1. The number of nitrogens with zero attached hydrogens (tertiary/aromatic N) is 2. The number of aromatic nitrogens is 2. The highest BCUT2D eigenvalue weighted by molar-refractivity contribution is 5.93. The second kappa shape index (κ2) is 5.48. The average molecular weight is 299 g/mol. The highest BCUT2D eigenvalue weighted by Gasteiger charge is 2.25. The van der Waals surface area contributed by atoms with Gasteiger partial charge in [-0.25, -0.2) is 4.79 Å². The predicted octanol–water partition coefficient (Wildman–Crippen LogP) is 3.59. The van der Waals surface area contributed by atoms with E-state index >= 15 is 0 Å². The molecule has 0 radical (unpaired) electrons. The molecule has 116 valence electrons. The summed E-state index contributed by atoms with van der Waals surface area (Å²) in [6.45, 7) is 6.93. The van der Waals surface area contributed by atoms with Crippen LogP contribution in [0.5, 0.6) is 0 Å². The number of hydrogen-bond acceptors (Lipinski definition) is 3. The standard InChI is InChI=1S/C17H21N3O2/c1-17(2,3)22-16(21)20-8-4-5-12(11-20)14-9-19-15-10-18-7-6-13(14)15/h5-7,9-10,19H,4,8,11H2,1-3H3. The number of nitrogens with one attached hydrogen (secondary N) is 1. The third kappa shape index (κ3) is 2.98. The quantitative estimate of drug-likeness (QED) is 0.875. The van der Waals surface area contributed by atoms with Gasteiger partial charge in [-0.1, -0.05) is 6.08 Å². The summed E-state index contributed by atoms with van der Waals surface area (Å²) >= 11 is 0. The van der Waals surface area contributed by atoms with Gasteiger partial charge in [-0.05, 0) is 38.8 Å². The minimum atomic E-state index is -0.467. The fourth-order valence-electron chi connectivity index (χ4n) is 2.66. The Kier molecular flexibility index (Phi) is 3.64. The molecule has 2 aromatic heterocycles. The molecule has 0 atom stereocenters. The lowest BCUT2D eigenvalue weighted by molar-refractivity contribution is 0.0273. The van der Waals surface area contributed by atoms with Gasteiger partial charge in [-0.3, -0.25) is 4.98 Å². The van der Waals surface area contributed by atoms with Gasteiger partial charge in [0.1, 0.15) is 5.60 Å². The maximum Gasteiger partial charge on any atom is 0.410 e. The molecule has 0 saturated heterocycles. The summed E-state index contributed by atoms with van der Waals surface area (Å²) in [5.74, 6) is 0. The van der Waals surface area contributed by atoms with E-state index in [1.165, 1.54) is 0 Å². The molecule has 0 aliphatic carbocycles. The van der Waals surface area contributed by atoms with Crippen molar-refractivity contribution in [1.82, 2.24) is 14.9 Å². The molecule has 3 rings (SSSR count). The van der Waals surface area contributed by atoms with Crippen molar-refractivity contribution in [2.45, 2.75) is 32.8 Å². The molecule has 5 nitrogen and oxygen atoms in total. The fourth-order valence-corrected chi connectivity index (χ4v) is 2.66. The normalized spacial score (nSPS) is 15.8. The van der Waals surface area contributed by atoms with E-state index in [0.29, 0.717) is 13.1 Å². The lowest BCUT2D eigenvalue weighted by atomic mass is 10.0. The van der Waals surface area contributed by atoms with E-state index in [9.17, 15) is 4.79 Å². The van der Waals surface area contributed by atoms with Crippen LogP contribution in [0.25, 0.3) is 16.5 Å². The zero-order valence-electron chi connectivity index (χ0n) is 13.2. The summed E-state index contributed by atoms with van der Waals surface area (Å²) in [7, 11) is 0. The zero-order valence-corrected chi connectivity index (χ0v) is 13.2. The molecule has 2 aromatic rings. The van der Waals surface area contributed by atoms with Gasteiger partial charge in [0.05, 0.1) is 11.7 Å². The summed E-state index contributed by atoms with van der Waals surface area (Å²) in [6.07, 6.45) is 8.37. The fraction of sp³-hybridized carbons (Fsp3) is 0.412.